The third kappa shape index (κ3) is 3.53. The molecule has 4 rings (SSSR count). The van der Waals surface area contributed by atoms with Crippen LogP contribution in [0.4, 0.5) is 0 Å². The van der Waals surface area contributed by atoms with Crippen LogP contribution in [0.15, 0.2) is 41.6 Å². The summed E-state index contributed by atoms with van der Waals surface area (Å²) < 4.78 is 2.15. The second-order valence-electron chi connectivity index (χ2n) is 6.67. The number of nitrogens with zero attached hydrogens (tertiary/aromatic N) is 5. The lowest BCUT2D eigenvalue weighted by molar-refractivity contribution is 0.0703. The maximum absolute atomic E-state index is 12.8. The highest BCUT2D eigenvalue weighted by atomic mass is 32.1. The van der Waals surface area contributed by atoms with E-state index < -0.39 is 0 Å². The number of pyridine rings is 1. The van der Waals surface area contributed by atoms with Gasteiger partial charge in [-0.05, 0) is 31.9 Å². The fourth-order valence-corrected chi connectivity index (χ4v) is 4.00. The zero-order chi connectivity index (χ0) is 17.9. The Bertz CT molecular complexity index is 872. The van der Waals surface area contributed by atoms with Crippen LogP contribution < -0.4 is 0 Å². The Labute approximate surface area is 156 Å². The van der Waals surface area contributed by atoms with E-state index in [-0.39, 0.29) is 11.8 Å². The smallest absolute Gasteiger partial charge is 0.255 e. The Morgan fingerprint density at radius 1 is 1.31 bits per heavy atom. The summed E-state index contributed by atoms with van der Waals surface area (Å²) in [4.78, 5) is 28.0. The van der Waals surface area contributed by atoms with Crippen LogP contribution in [0, 0.1) is 6.92 Å². The predicted octanol–water partition coefficient (Wildman–Crippen LogP) is 3.11. The molecule has 1 amide bonds. The molecule has 0 aromatic carbocycles. The Hall–Kier alpha value is -2.54. The minimum atomic E-state index is 0.0554. The molecule has 0 saturated carbocycles. The topological polar surface area (TPSA) is 63.9 Å². The van der Waals surface area contributed by atoms with Gasteiger partial charge in [-0.1, -0.05) is 0 Å². The SMILES string of the molecule is Cc1ccc(C(=O)N2CCC[C@H](c3nccn3Cc3cscn3)C2)cn1. The van der Waals surface area contributed by atoms with Gasteiger partial charge < -0.3 is 9.47 Å². The minimum absolute atomic E-state index is 0.0554. The summed E-state index contributed by atoms with van der Waals surface area (Å²) in [5, 5.41) is 2.06. The van der Waals surface area contributed by atoms with E-state index in [9.17, 15) is 4.79 Å². The first-order chi connectivity index (χ1) is 12.7. The second kappa shape index (κ2) is 7.37. The number of hydrogen-bond acceptors (Lipinski definition) is 5. The molecular formula is C19H21N5OS. The van der Waals surface area contributed by atoms with Crippen LogP contribution in [0.5, 0.6) is 0 Å². The summed E-state index contributed by atoms with van der Waals surface area (Å²) in [6.45, 7) is 4.13. The Morgan fingerprint density at radius 2 is 2.23 bits per heavy atom. The summed E-state index contributed by atoms with van der Waals surface area (Å²) in [5.41, 5.74) is 4.47. The number of carbonyl (C=O) groups is 1. The third-order valence-electron chi connectivity index (χ3n) is 4.80. The molecule has 1 fully saturated rings. The highest BCUT2D eigenvalue weighted by Gasteiger charge is 2.28. The molecule has 1 saturated heterocycles. The molecule has 134 valence electrons. The van der Waals surface area contributed by atoms with E-state index >= 15 is 0 Å². The number of aromatic nitrogens is 4. The van der Waals surface area contributed by atoms with Crippen molar-refractivity contribution in [1.82, 2.24) is 24.4 Å². The second-order valence-corrected chi connectivity index (χ2v) is 7.39. The van der Waals surface area contributed by atoms with Crippen molar-refractivity contribution in [3.05, 3.63) is 64.4 Å². The molecule has 6 nitrogen and oxygen atoms in total. The van der Waals surface area contributed by atoms with Gasteiger partial charge in [0.2, 0.25) is 0 Å². The normalized spacial score (nSPS) is 17.4. The first-order valence-corrected chi connectivity index (χ1v) is 9.75. The first-order valence-electron chi connectivity index (χ1n) is 8.81. The van der Waals surface area contributed by atoms with Crippen LogP contribution in [0.1, 0.15) is 46.3 Å². The van der Waals surface area contributed by atoms with Crippen molar-refractivity contribution in [3.8, 4) is 0 Å². The Balaban J connectivity index is 1.50. The molecule has 0 bridgehead atoms. The van der Waals surface area contributed by atoms with Gasteiger partial charge in [-0.2, -0.15) is 0 Å². The van der Waals surface area contributed by atoms with E-state index in [4.69, 9.17) is 0 Å². The number of thiazole rings is 1. The van der Waals surface area contributed by atoms with Gasteiger partial charge in [-0.15, -0.1) is 11.3 Å². The molecule has 3 aromatic rings. The van der Waals surface area contributed by atoms with E-state index in [0.29, 0.717) is 12.1 Å². The summed E-state index contributed by atoms with van der Waals surface area (Å²) in [6, 6.07) is 3.74. The highest BCUT2D eigenvalue weighted by molar-refractivity contribution is 7.07. The van der Waals surface area contributed by atoms with Crippen LogP contribution >= 0.6 is 11.3 Å². The zero-order valence-electron chi connectivity index (χ0n) is 14.7. The van der Waals surface area contributed by atoms with Crippen LogP contribution in [0.3, 0.4) is 0 Å². The third-order valence-corrected chi connectivity index (χ3v) is 5.43. The summed E-state index contributed by atoms with van der Waals surface area (Å²) in [6.07, 6.45) is 7.54. The van der Waals surface area contributed by atoms with Crippen molar-refractivity contribution in [2.45, 2.75) is 32.2 Å². The number of aryl methyl sites for hydroxylation is 1. The lowest BCUT2D eigenvalue weighted by Crippen LogP contribution is -2.39. The van der Waals surface area contributed by atoms with Crippen LogP contribution in [-0.4, -0.2) is 43.4 Å². The standard InChI is InChI=1S/C19H21N5OS/c1-14-4-5-15(9-21-14)19(25)24-7-2-3-16(10-24)18-20-6-8-23(18)11-17-12-26-13-22-17/h4-6,8-9,12-13,16H,2-3,7,10-11H2,1H3/t16-/m0/s1. The zero-order valence-corrected chi connectivity index (χ0v) is 15.5. The van der Waals surface area contributed by atoms with Crippen LogP contribution in [0.25, 0.3) is 0 Å². The molecule has 3 aromatic heterocycles. The maximum Gasteiger partial charge on any atom is 0.255 e. The average Bonchev–Trinajstić information content (AvgIpc) is 3.34. The summed E-state index contributed by atoms with van der Waals surface area (Å²) in [5.74, 6) is 1.34. The fraction of sp³-hybridized carbons (Fsp3) is 0.368. The van der Waals surface area contributed by atoms with Crippen molar-refractivity contribution in [3.63, 3.8) is 0 Å². The van der Waals surface area contributed by atoms with Crippen LogP contribution in [0.2, 0.25) is 0 Å². The number of carbonyl (C=O) groups excluding carboxylic acids is 1. The molecule has 1 aliphatic rings. The average molecular weight is 367 g/mol. The van der Waals surface area contributed by atoms with Gasteiger partial charge in [0.05, 0.1) is 23.3 Å². The largest absolute Gasteiger partial charge is 0.338 e. The van der Waals surface area contributed by atoms with Gasteiger partial charge in [0, 0.05) is 48.7 Å². The first kappa shape index (κ1) is 16.9. The lowest BCUT2D eigenvalue weighted by atomic mass is 9.96. The van der Waals surface area contributed by atoms with Gasteiger partial charge in [0.1, 0.15) is 5.82 Å². The molecule has 0 unspecified atom stereocenters. The quantitative estimate of drug-likeness (QED) is 0.711. The number of likely N-dealkylation sites (tertiary alicyclic amines) is 1. The molecule has 1 atom stereocenters. The molecule has 0 aliphatic carbocycles. The minimum Gasteiger partial charge on any atom is -0.338 e. The molecule has 0 radical (unpaired) electrons. The fourth-order valence-electron chi connectivity index (χ4n) is 3.45. The van der Waals surface area contributed by atoms with E-state index in [1.54, 1.807) is 17.5 Å². The monoisotopic (exact) mass is 367 g/mol. The summed E-state index contributed by atoms with van der Waals surface area (Å²) in [7, 11) is 0. The van der Waals surface area contributed by atoms with Gasteiger partial charge in [0.15, 0.2) is 0 Å². The van der Waals surface area contributed by atoms with Gasteiger partial charge >= 0.3 is 0 Å². The molecule has 7 heteroatoms. The van der Waals surface area contributed by atoms with E-state index in [2.05, 4.69) is 24.9 Å². The van der Waals surface area contributed by atoms with Crippen LogP contribution in [-0.2, 0) is 6.54 Å². The van der Waals surface area contributed by atoms with Gasteiger partial charge in [-0.25, -0.2) is 9.97 Å². The Morgan fingerprint density at radius 3 is 3.00 bits per heavy atom. The predicted molar refractivity (Wildman–Crippen MR) is 100 cm³/mol. The van der Waals surface area contributed by atoms with Gasteiger partial charge in [0.25, 0.3) is 5.91 Å². The van der Waals surface area contributed by atoms with Gasteiger partial charge in [-0.3, -0.25) is 9.78 Å². The highest BCUT2D eigenvalue weighted by Crippen LogP contribution is 2.27. The number of imidazole rings is 1. The number of rotatable bonds is 4. The molecule has 0 spiro atoms. The van der Waals surface area contributed by atoms with Crippen molar-refractivity contribution < 1.29 is 4.79 Å². The van der Waals surface area contributed by atoms with E-state index in [0.717, 1.165) is 43.1 Å². The summed E-state index contributed by atoms with van der Waals surface area (Å²) >= 11 is 1.60. The lowest BCUT2D eigenvalue weighted by Gasteiger charge is -2.32. The number of hydrogen-bond donors (Lipinski definition) is 0. The molecule has 4 heterocycles. The number of piperidine rings is 1. The van der Waals surface area contributed by atoms with Crippen molar-refractivity contribution in [1.29, 1.82) is 0 Å². The maximum atomic E-state index is 12.8. The van der Waals surface area contributed by atoms with E-state index in [1.807, 2.05) is 41.9 Å². The molecule has 26 heavy (non-hydrogen) atoms. The molecule has 0 N–H and O–H groups in total. The molecule has 1 aliphatic heterocycles. The number of amides is 1. The van der Waals surface area contributed by atoms with Crippen molar-refractivity contribution in [2.24, 2.45) is 0 Å². The Kier molecular flexibility index (Phi) is 4.79. The van der Waals surface area contributed by atoms with Crippen molar-refractivity contribution >= 4 is 17.2 Å². The van der Waals surface area contributed by atoms with E-state index in [1.165, 1.54) is 0 Å². The van der Waals surface area contributed by atoms with Crippen molar-refractivity contribution in [2.75, 3.05) is 13.1 Å². The molecular weight excluding hydrogens is 346 g/mol.